The van der Waals surface area contributed by atoms with Crippen LogP contribution in [0.2, 0.25) is 0 Å². The predicted octanol–water partition coefficient (Wildman–Crippen LogP) is 2.95. The molecular weight excluding hydrogens is 340 g/mol. The Morgan fingerprint density at radius 2 is 2.08 bits per heavy atom. The first-order chi connectivity index (χ1) is 11.9. The van der Waals surface area contributed by atoms with Crippen molar-refractivity contribution >= 4 is 23.7 Å². The second kappa shape index (κ2) is 7.51. The molecule has 0 unspecified atom stereocenters. The van der Waals surface area contributed by atoms with Gasteiger partial charge in [-0.3, -0.25) is 9.36 Å². The highest BCUT2D eigenvalue weighted by Gasteiger charge is 2.23. The van der Waals surface area contributed by atoms with Crippen LogP contribution in [0.1, 0.15) is 39.4 Å². The Bertz CT molecular complexity index is 700. The van der Waals surface area contributed by atoms with Crippen molar-refractivity contribution in [2.75, 3.05) is 23.7 Å². The molecule has 8 heteroatoms. The molecule has 1 fully saturated rings. The highest BCUT2D eigenvalue weighted by Crippen LogP contribution is 2.26. The van der Waals surface area contributed by atoms with Gasteiger partial charge < -0.3 is 14.1 Å². The lowest BCUT2D eigenvalue weighted by molar-refractivity contribution is -0.151. The summed E-state index contributed by atoms with van der Waals surface area (Å²) < 4.78 is 12.9. The maximum atomic E-state index is 12.0. The smallest absolute Gasteiger partial charge is 0.316 e. The molecule has 0 saturated carbocycles. The van der Waals surface area contributed by atoms with E-state index in [1.54, 1.807) is 6.26 Å². The Labute approximate surface area is 151 Å². The summed E-state index contributed by atoms with van der Waals surface area (Å²) >= 11 is 1.34. The van der Waals surface area contributed by atoms with Crippen molar-refractivity contribution in [3.63, 3.8) is 0 Å². The fraction of sp³-hybridized carbons (Fsp3) is 0.588. The number of aromatic nitrogens is 3. The van der Waals surface area contributed by atoms with Gasteiger partial charge in [0.05, 0.1) is 18.6 Å². The van der Waals surface area contributed by atoms with Crippen molar-refractivity contribution < 1.29 is 13.9 Å². The minimum Gasteiger partial charge on any atom is -0.467 e. The first-order valence-corrected chi connectivity index (χ1v) is 9.46. The van der Waals surface area contributed by atoms with Crippen LogP contribution in [0.25, 0.3) is 0 Å². The summed E-state index contributed by atoms with van der Waals surface area (Å²) in [5.74, 6) is 1.61. The van der Waals surface area contributed by atoms with Crippen molar-refractivity contribution in [1.82, 2.24) is 14.8 Å². The van der Waals surface area contributed by atoms with E-state index in [9.17, 15) is 4.79 Å². The fourth-order valence-electron chi connectivity index (χ4n) is 2.73. The average molecular weight is 364 g/mol. The number of thioether (sulfide) groups is 1. The van der Waals surface area contributed by atoms with Crippen LogP contribution >= 0.6 is 11.8 Å². The molecule has 1 aliphatic heterocycles. The van der Waals surface area contributed by atoms with E-state index in [4.69, 9.17) is 9.15 Å². The van der Waals surface area contributed by atoms with E-state index < -0.39 is 5.60 Å². The number of hydrogen-bond donors (Lipinski definition) is 0. The standard InChI is InChI=1S/C17H24N4O3S/c1-17(2,3)24-14(22)12-25-16-19-18-15(20-8-4-5-9-20)21(16)11-13-7-6-10-23-13/h6-7,10H,4-5,8-9,11-12H2,1-3H3. The van der Waals surface area contributed by atoms with Gasteiger partial charge in [0.1, 0.15) is 11.4 Å². The van der Waals surface area contributed by atoms with Crippen LogP contribution in [-0.4, -0.2) is 45.2 Å². The Morgan fingerprint density at radius 1 is 1.32 bits per heavy atom. The molecule has 1 saturated heterocycles. The monoisotopic (exact) mass is 364 g/mol. The predicted molar refractivity (Wildman–Crippen MR) is 95.8 cm³/mol. The van der Waals surface area contributed by atoms with Crippen molar-refractivity contribution in [1.29, 1.82) is 0 Å². The zero-order valence-corrected chi connectivity index (χ0v) is 15.7. The van der Waals surface area contributed by atoms with Gasteiger partial charge in [0.15, 0.2) is 5.16 Å². The summed E-state index contributed by atoms with van der Waals surface area (Å²) in [6, 6.07) is 3.79. The Balaban J connectivity index is 1.74. The SMILES string of the molecule is CC(C)(C)OC(=O)CSc1nnc(N2CCCC2)n1Cc1ccco1. The second-order valence-electron chi connectivity index (χ2n) is 7.02. The van der Waals surface area contributed by atoms with Gasteiger partial charge in [0.25, 0.3) is 0 Å². The highest BCUT2D eigenvalue weighted by molar-refractivity contribution is 7.99. The second-order valence-corrected chi connectivity index (χ2v) is 7.96. The maximum absolute atomic E-state index is 12.0. The van der Waals surface area contributed by atoms with Crippen molar-refractivity contribution in [2.45, 2.75) is 50.9 Å². The average Bonchev–Trinajstić information content (AvgIpc) is 3.26. The molecule has 1 aliphatic rings. The highest BCUT2D eigenvalue weighted by atomic mass is 32.2. The molecule has 0 atom stereocenters. The molecule has 0 aromatic carbocycles. The van der Waals surface area contributed by atoms with Gasteiger partial charge in [-0.05, 0) is 45.7 Å². The van der Waals surface area contributed by atoms with E-state index in [2.05, 4.69) is 15.1 Å². The Kier molecular flexibility index (Phi) is 5.36. The van der Waals surface area contributed by atoms with Crippen molar-refractivity contribution in [3.8, 4) is 0 Å². The molecule has 2 aromatic rings. The van der Waals surface area contributed by atoms with Crippen molar-refractivity contribution in [2.24, 2.45) is 0 Å². The first-order valence-electron chi connectivity index (χ1n) is 8.47. The molecule has 0 aliphatic carbocycles. The van der Waals surface area contributed by atoms with Crippen LogP contribution in [0.3, 0.4) is 0 Å². The van der Waals surface area contributed by atoms with Gasteiger partial charge in [-0.15, -0.1) is 10.2 Å². The van der Waals surface area contributed by atoms with Crippen LogP contribution in [0, 0.1) is 0 Å². The first kappa shape index (κ1) is 17.8. The van der Waals surface area contributed by atoms with Gasteiger partial charge in [0, 0.05) is 13.1 Å². The molecular formula is C17H24N4O3S. The fourth-order valence-corrected chi connectivity index (χ4v) is 3.44. The molecule has 25 heavy (non-hydrogen) atoms. The van der Waals surface area contributed by atoms with Gasteiger partial charge in [-0.1, -0.05) is 11.8 Å². The van der Waals surface area contributed by atoms with E-state index in [0.717, 1.165) is 37.6 Å². The lowest BCUT2D eigenvalue weighted by Crippen LogP contribution is -2.25. The lowest BCUT2D eigenvalue weighted by atomic mass is 10.2. The van der Waals surface area contributed by atoms with Crippen molar-refractivity contribution in [3.05, 3.63) is 24.2 Å². The third kappa shape index (κ3) is 4.78. The molecule has 7 nitrogen and oxygen atoms in total. The number of hydrogen-bond acceptors (Lipinski definition) is 7. The van der Waals surface area contributed by atoms with E-state index in [1.165, 1.54) is 11.8 Å². The summed E-state index contributed by atoms with van der Waals surface area (Å²) in [6.07, 6.45) is 3.98. The number of anilines is 1. The summed E-state index contributed by atoms with van der Waals surface area (Å²) in [6.45, 7) is 8.09. The molecule has 0 spiro atoms. The van der Waals surface area contributed by atoms with Crippen LogP contribution < -0.4 is 4.90 Å². The molecule has 0 radical (unpaired) electrons. The molecule has 0 N–H and O–H groups in total. The number of carbonyl (C=O) groups excluding carboxylic acids is 1. The largest absolute Gasteiger partial charge is 0.467 e. The molecule has 2 aromatic heterocycles. The third-order valence-electron chi connectivity index (χ3n) is 3.72. The summed E-state index contributed by atoms with van der Waals surface area (Å²) in [5.41, 5.74) is -0.486. The molecule has 3 rings (SSSR count). The van der Waals surface area contributed by atoms with E-state index in [0.29, 0.717) is 11.7 Å². The quantitative estimate of drug-likeness (QED) is 0.576. The molecule has 0 bridgehead atoms. The molecule has 136 valence electrons. The normalized spacial score (nSPS) is 14.9. The van der Waals surface area contributed by atoms with E-state index in [-0.39, 0.29) is 11.7 Å². The number of rotatable bonds is 6. The van der Waals surface area contributed by atoms with Gasteiger partial charge in [-0.2, -0.15) is 0 Å². The Hall–Kier alpha value is -1.96. The zero-order valence-electron chi connectivity index (χ0n) is 14.9. The molecule has 3 heterocycles. The Morgan fingerprint density at radius 3 is 2.72 bits per heavy atom. The van der Waals surface area contributed by atoms with Crippen LogP contribution in [-0.2, 0) is 16.1 Å². The number of nitrogens with zero attached hydrogens (tertiary/aromatic N) is 4. The van der Waals surface area contributed by atoms with Gasteiger partial charge in [-0.25, -0.2) is 0 Å². The summed E-state index contributed by atoms with van der Waals surface area (Å²) in [5, 5.41) is 9.35. The van der Waals surface area contributed by atoms with Gasteiger partial charge >= 0.3 is 5.97 Å². The lowest BCUT2D eigenvalue weighted by Gasteiger charge is -2.19. The number of ether oxygens (including phenoxy) is 1. The third-order valence-corrected chi connectivity index (χ3v) is 4.66. The minimum atomic E-state index is -0.486. The maximum Gasteiger partial charge on any atom is 0.316 e. The summed E-state index contributed by atoms with van der Waals surface area (Å²) in [4.78, 5) is 14.2. The molecule has 0 amide bonds. The topological polar surface area (TPSA) is 73.4 Å². The van der Waals surface area contributed by atoms with Crippen LogP contribution in [0.15, 0.2) is 28.0 Å². The zero-order chi connectivity index (χ0) is 17.9. The number of furan rings is 1. The van der Waals surface area contributed by atoms with Crippen LogP contribution in [0.5, 0.6) is 0 Å². The van der Waals surface area contributed by atoms with Gasteiger partial charge in [0.2, 0.25) is 5.95 Å². The van der Waals surface area contributed by atoms with E-state index in [1.807, 2.05) is 37.5 Å². The number of carbonyl (C=O) groups is 1. The van der Waals surface area contributed by atoms with Crippen LogP contribution in [0.4, 0.5) is 5.95 Å². The minimum absolute atomic E-state index is 0.202. The van der Waals surface area contributed by atoms with E-state index >= 15 is 0 Å². The summed E-state index contributed by atoms with van der Waals surface area (Å²) in [7, 11) is 0. The number of esters is 1.